The van der Waals surface area contributed by atoms with Gasteiger partial charge in [0, 0.05) is 25.1 Å². The number of aromatic nitrogens is 2. The summed E-state index contributed by atoms with van der Waals surface area (Å²) in [5.74, 6) is 1.58. The summed E-state index contributed by atoms with van der Waals surface area (Å²) in [4.78, 5) is 11.4. The Kier molecular flexibility index (Phi) is 6.20. The number of aryl methyl sites for hydroxylation is 1. The van der Waals surface area contributed by atoms with E-state index < -0.39 is 0 Å². The second kappa shape index (κ2) is 8.14. The van der Waals surface area contributed by atoms with Crippen LogP contribution >= 0.6 is 11.3 Å². The van der Waals surface area contributed by atoms with Crippen LogP contribution in [0.15, 0.2) is 6.07 Å². The SMILES string of the molecule is CCc1cc2c(NCCCCCCO)nc(NC)nc2s1. The molecule has 2 aromatic rings. The van der Waals surface area contributed by atoms with Gasteiger partial charge in [-0.05, 0) is 25.3 Å². The fraction of sp³-hybridized carbons (Fsp3) is 0.600. The average Bonchev–Trinajstić information content (AvgIpc) is 2.93. The van der Waals surface area contributed by atoms with Crippen molar-refractivity contribution < 1.29 is 5.11 Å². The van der Waals surface area contributed by atoms with Gasteiger partial charge >= 0.3 is 0 Å². The van der Waals surface area contributed by atoms with Gasteiger partial charge < -0.3 is 15.7 Å². The Morgan fingerprint density at radius 1 is 1.19 bits per heavy atom. The second-order valence-corrected chi connectivity index (χ2v) is 6.11. The summed E-state index contributed by atoms with van der Waals surface area (Å²) in [6, 6.07) is 2.19. The van der Waals surface area contributed by atoms with Gasteiger partial charge in [0.2, 0.25) is 5.95 Å². The van der Waals surface area contributed by atoms with E-state index in [1.165, 1.54) is 4.88 Å². The quantitative estimate of drug-likeness (QED) is 0.620. The van der Waals surface area contributed by atoms with Crippen LogP contribution in [0.1, 0.15) is 37.5 Å². The van der Waals surface area contributed by atoms with Crippen LogP contribution in [0.4, 0.5) is 11.8 Å². The van der Waals surface area contributed by atoms with Gasteiger partial charge in [0.25, 0.3) is 0 Å². The first-order chi connectivity index (χ1) is 10.3. The predicted octanol–water partition coefficient (Wildman–Crippen LogP) is 3.26. The molecule has 6 heteroatoms. The molecule has 0 saturated carbocycles. The highest BCUT2D eigenvalue weighted by molar-refractivity contribution is 7.18. The van der Waals surface area contributed by atoms with Crippen molar-refractivity contribution in [2.75, 3.05) is 30.8 Å². The Balaban J connectivity index is 2.04. The molecule has 0 fully saturated rings. The monoisotopic (exact) mass is 308 g/mol. The molecule has 0 bridgehead atoms. The van der Waals surface area contributed by atoms with Crippen molar-refractivity contribution in [3.8, 4) is 0 Å². The van der Waals surface area contributed by atoms with E-state index in [0.29, 0.717) is 12.6 Å². The number of anilines is 2. The van der Waals surface area contributed by atoms with E-state index in [4.69, 9.17) is 5.11 Å². The lowest BCUT2D eigenvalue weighted by molar-refractivity contribution is 0.283. The number of aliphatic hydroxyl groups is 1. The molecule has 0 aliphatic rings. The third-order valence-electron chi connectivity index (χ3n) is 3.39. The number of nitrogens with zero attached hydrogens (tertiary/aromatic N) is 2. The van der Waals surface area contributed by atoms with Crippen molar-refractivity contribution in [1.82, 2.24) is 9.97 Å². The van der Waals surface area contributed by atoms with E-state index in [0.717, 1.165) is 54.7 Å². The Labute approximate surface area is 129 Å². The minimum Gasteiger partial charge on any atom is -0.396 e. The lowest BCUT2D eigenvalue weighted by Gasteiger charge is -2.08. The van der Waals surface area contributed by atoms with Gasteiger partial charge in [-0.3, -0.25) is 0 Å². The number of fused-ring (bicyclic) bond motifs is 1. The van der Waals surface area contributed by atoms with Crippen LogP contribution in [0.5, 0.6) is 0 Å². The fourth-order valence-electron chi connectivity index (χ4n) is 2.19. The molecule has 0 radical (unpaired) electrons. The number of aliphatic hydroxyl groups excluding tert-OH is 1. The molecule has 2 aromatic heterocycles. The Morgan fingerprint density at radius 2 is 2.00 bits per heavy atom. The summed E-state index contributed by atoms with van der Waals surface area (Å²) < 4.78 is 0. The van der Waals surface area contributed by atoms with E-state index >= 15 is 0 Å². The fourth-order valence-corrected chi connectivity index (χ4v) is 3.16. The molecule has 3 N–H and O–H groups in total. The summed E-state index contributed by atoms with van der Waals surface area (Å²) in [6.45, 7) is 3.35. The Hall–Kier alpha value is -1.40. The van der Waals surface area contributed by atoms with Gasteiger partial charge in [0.1, 0.15) is 10.6 Å². The maximum atomic E-state index is 8.76. The van der Waals surface area contributed by atoms with Crippen LogP contribution < -0.4 is 10.6 Å². The smallest absolute Gasteiger partial charge is 0.225 e. The van der Waals surface area contributed by atoms with Crippen molar-refractivity contribution in [2.45, 2.75) is 39.0 Å². The van der Waals surface area contributed by atoms with Gasteiger partial charge in [-0.15, -0.1) is 11.3 Å². The topological polar surface area (TPSA) is 70.1 Å². The summed E-state index contributed by atoms with van der Waals surface area (Å²) >= 11 is 1.73. The van der Waals surface area contributed by atoms with E-state index in [2.05, 4.69) is 33.6 Å². The number of unbranched alkanes of at least 4 members (excludes halogenated alkanes) is 3. The van der Waals surface area contributed by atoms with E-state index in [-0.39, 0.29) is 0 Å². The molecule has 2 rings (SSSR count). The van der Waals surface area contributed by atoms with Gasteiger partial charge in [-0.25, -0.2) is 4.98 Å². The maximum absolute atomic E-state index is 8.76. The van der Waals surface area contributed by atoms with Crippen molar-refractivity contribution >= 4 is 33.3 Å². The van der Waals surface area contributed by atoms with Crippen molar-refractivity contribution in [3.63, 3.8) is 0 Å². The highest BCUT2D eigenvalue weighted by Gasteiger charge is 2.10. The van der Waals surface area contributed by atoms with Crippen molar-refractivity contribution in [3.05, 3.63) is 10.9 Å². The number of hydrogen-bond acceptors (Lipinski definition) is 6. The largest absolute Gasteiger partial charge is 0.396 e. The van der Waals surface area contributed by atoms with Gasteiger partial charge in [0.05, 0.1) is 5.39 Å². The number of rotatable bonds is 9. The molecule has 21 heavy (non-hydrogen) atoms. The maximum Gasteiger partial charge on any atom is 0.225 e. The highest BCUT2D eigenvalue weighted by atomic mass is 32.1. The minimum atomic E-state index is 0.292. The third-order valence-corrected chi connectivity index (χ3v) is 4.57. The lowest BCUT2D eigenvalue weighted by Crippen LogP contribution is -2.06. The summed E-state index contributed by atoms with van der Waals surface area (Å²) in [6.07, 6.45) is 5.22. The first kappa shape index (κ1) is 16.0. The van der Waals surface area contributed by atoms with Crippen LogP contribution in [0.25, 0.3) is 10.2 Å². The van der Waals surface area contributed by atoms with Crippen molar-refractivity contribution in [2.24, 2.45) is 0 Å². The number of nitrogens with one attached hydrogen (secondary N) is 2. The molecule has 0 spiro atoms. The first-order valence-electron chi connectivity index (χ1n) is 7.61. The van der Waals surface area contributed by atoms with Crippen LogP contribution in [0.3, 0.4) is 0 Å². The normalized spacial score (nSPS) is 11.0. The minimum absolute atomic E-state index is 0.292. The van der Waals surface area contributed by atoms with Gasteiger partial charge in [0.15, 0.2) is 0 Å². The number of thiophene rings is 1. The molecule has 0 unspecified atom stereocenters. The second-order valence-electron chi connectivity index (χ2n) is 5.00. The molecule has 0 amide bonds. The Morgan fingerprint density at radius 3 is 2.71 bits per heavy atom. The van der Waals surface area contributed by atoms with E-state index in [1.54, 1.807) is 11.3 Å². The number of hydrogen-bond donors (Lipinski definition) is 3. The zero-order valence-corrected chi connectivity index (χ0v) is 13.6. The van der Waals surface area contributed by atoms with Gasteiger partial charge in [-0.1, -0.05) is 19.8 Å². The van der Waals surface area contributed by atoms with E-state index in [1.807, 2.05) is 7.05 Å². The van der Waals surface area contributed by atoms with Crippen molar-refractivity contribution in [1.29, 1.82) is 0 Å². The molecular weight excluding hydrogens is 284 g/mol. The Bertz CT molecular complexity index is 570. The zero-order valence-electron chi connectivity index (χ0n) is 12.8. The molecule has 116 valence electrons. The molecular formula is C15H24N4OS. The molecule has 2 heterocycles. The summed E-state index contributed by atoms with van der Waals surface area (Å²) in [5.41, 5.74) is 0. The summed E-state index contributed by atoms with van der Waals surface area (Å²) in [7, 11) is 1.84. The molecule has 0 aromatic carbocycles. The molecule has 0 atom stereocenters. The first-order valence-corrected chi connectivity index (χ1v) is 8.43. The van der Waals surface area contributed by atoms with Crippen LogP contribution in [-0.4, -0.2) is 35.3 Å². The average molecular weight is 308 g/mol. The molecule has 5 nitrogen and oxygen atoms in total. The zero-order chi connectivity index (χ0) is 15.1. The third kappa shape index (κ3) is 4.28. The standard InChI is InChI=1S/C15H24N4OS/c1-3-11-10-12-13(17-8-6-4-5-7-9-20)18-15(16-2)19-14(12)21-11/h10,20H,3-9H2,1-2H3,(H2,16,17,18,19). The molecule has 0 aliphatic carbocycles. The molecule has 0 saturated heterocycles. The summed E-state index contributed by atoms with van der Waals surface area (Å²) in [5, 5.41) is 16.3. The van der Waals surface area contributed by atoms with Gasteiger partial charge in [-0.2, -0.15) is 4.98 Å². The van der Waals surface area contributed by atoms with Crippen LogP contribution in [-0.2, 0) is 6.42 Å². The lowest BCUT2D eigenvalue weighted by atomic mass is 10.2. The van der Waals surface area contributed by atoms with Crippen LogP contribution in [0, 0.1) is 0 Å². The predicted molar refractivity (Wildman–Crippen MR) is 90.4 cm³/mol. The van der Waals surface area contributed by atoms with E-state index in [9.17, 15) is 0 Å². The van der Waals surface area contributed by atoms with Crippen LogP contribution in [0.2, 0.25) is 0 Å². The highest BCUT2D eigenvalue weighted by Crippen LogP contribution is 2.30. The molecule has 0 aliphatic heterocycles.